The van der Waals surface area contributed by atoms with E-state index in [0.717, 1.165) is 11.3 Å². The lowest BCUT2D eigenvalue weighted by Crippen LogP contribution is -2.38. The first-order valence-corrected chi connectivity index (χ1v) is 9.61. The van der Waals surface area contributed by atoms with Crippen molar-refractivity contribution >= 4 is 17.5 Å². The average Bonchev–Trinajstić information content (AvgIpc) is 3.34. The zero-order chi connectivity index (χ0) is 20.4. The molecular formula is C21H23N5O3. The Morgan fingerprint density at radius 3 is 2.86 bits per heavy atom. The summed E-state index contributed by atoms with van der Waals surface area (Å²) in [6, 6.07) is 7.54. The van der Waals surface area contributed by atoms with Crippen LogP contribution in [0.3, 0.4) is 0 Å². The predicted molar refractivity (Wildman–Crippen MR) is 106 cm³/mol. The van der Waals surface area contributed by atoms with Crippen molar-refractivity contribution in [1.29, 1.82) is 0 Å². The summed E-state index contributed by atoms with van der Waals surface area (Å²) in [5.74, 6) is -0.308. The van der Waals surface area contributed by atoms with Gasteiger partial charge in [0.05, 0.1) is 30.7 Å². The molecule has 0 bridgehead atoms. The molecule has 3 heterocycles. The first-order valence-electron chi connectivity index (χ1n) is 9.61. The van der Waals surface area contributed by atoms with Gasteiger partial charge in [0.1, 0.15) is 5.71 Å². The van der Waals surface area contributed by atoms with Gasteiger partial charge in [0.2, 0.25) is 0 Å². The van der Waals surface area contributed by atoms with Crippen LogP contribution in [0.2, 0.25) is 0 Å². The molecule has 2 amide bonds. The molecule has 0 radical (unpaired) electrons. The zero-order valence-corrected chi connectivity index (χ0v) is 16.5. The summed E-state index contributed by atoms with van der Waals surface area (Å²) in [5.41, 5.74) is 2.93. The lowest BCUT2D eigenvalue weighted by atomic mass is 9.96. The van der Waals surface area contributed by atoms with Crippen LogP contribution in [0.25, 0.3) is 0 Å². The van der Waals surface area contributed by atoms with Crippen molar-refractivity contribution in [2.45, 2.75) is 38.8 Å². The third-order valence-electron chi connectivity index (χ3n) is 5.23. The van der Waals surface area contributed by atoms with Gasteiger partial charge >= 0.3 is 0 Å². The van der Waals surface area contributed by atoms with Crippen molar-refractivity contribution in [3.05, 3.63) is 59.2 Å². The first kappa shape index (κ1) is 19.0. The van der Waals surface area contributed by atoms with Gasteiger partial charge in [-0.1, -0.05) is 22.9 Å². The highest BCUT2D eigenvalue weighted by Crippen LogP contribution is 2.34. The SMILES string of the molecule is Cc1cccc(C(=O)N2CCC3(CC(C(=O)NCc4cnc(C)cn4)=NO3)C2)c1. The summed E-state index contributed by atoms with van der Waals surface area (Å²) in [5, 5.41) is 6.81. The molecule has 2 aliphatic heterocycles. The molecule has 150 valence electrons. The van der Waals surface area contributed by atoms with Crippen molar-refractivity contribution in [2.75, 3.05) is 13.1 Å². The number of aromatic nitrogens is 2. The third-order valence-corrected chi connectivity index (χ3v) is 5.23. The van der Waals surface area contributed by atoms with E-state index in [-0.39, 0.29) is 18.4 Å². The van der Waals surface area contributed by atoms with Crippen LogP contribution in [0.4, 0.5) is 0 Å². The number of hydrogen-bond acceptors (Lipinski definition) is 6. The van der Waals surface area contributed by atoms with Crippen molar-refractivity contribution in [2.24, 2.45) is 5.16 Å². The summed E-state index contributed by atoms with van der Waals surface area (Å²) in [4.78, 5) is 41.0. The van der Waals surface area contributed by atoms with Crippen LogP contribution in [0.5, 0.6) is 0 Å². The maximum absolute atomic E-state index is 12.8. The molecule has 1 aromatic heterocycles. The maximum atomic E-state index is 12.8. The Bertz CT molecular complexity index is 973. The molecule has 1 saturated heterocycles. The van der Waals surface area contributed by atoms with Crippen molar-refractivity contribution in [3.8, 4) is 0 Å². The van der Waals surface area contributed by atoms with Gasteiger partial charge in [-0.3, -0.25) is 19.6 Å². The molecule has 1 spiro atoms. The van der Waals surface area contributed by atoms with Crippen molar-refractivity contribution in [3.63, 3.8) is 0 Å². The van der Waals surface area contributed by atoms with Gasteiger partial charge < -0.3 is 15.1 Å². The number of carbonyl (C=O) groups is 2. The Morgan fingerprint density at radius 1 is 1.24 bits per heavy atom. The fraction of sp³-hybridized carbons (Fsp3) is 0.381. The van der Waals surface area contributed by atoms with Crippen LogP contribution in [0, 0.1) is 13.8 Å². The van der Waals surface area contributed by atoms with Crippen LogP contribution < -0.4 is 5.32 Å². The minimum absolute atomic E-state index is 0.0231. The monoisotopic (exact) mass is 393 g/mol. The number of oxime groups is 1. The minimum atomic E-state index is -0.615. The molecule has 29 heavy (non-hydrogen) atoms. The van der Waals surface area contributed by atoms with Crippen LogP contribution in [-0.2, 0) is 16.2 Å². The Kier molecular flexibility index (Phi) is 5.00. The van der Waals surface area contributed by atoms with Crippen LogP contribution >= 0.6 is 0 Å². The van der Waals surface area contributed by atoms with Crippen LogP contribution in [0.15, 0.2) is 41.8 Å². The number of rotatable bonds is 4. The molecule has 4 rings (SSSR count). The van der Waals surface area contributed by atoms with E-state index in [1.54, 1.807) is 17.3 Å². The molecular weight excluding hydrogens is 370 g/mol. The Balaban J connectivity index is 1.33. The molecule has 1 unspecified atom stereocenters. The smallest absolute Gasteiger partial charge is 0.269 e. The second-order valence-corrected chi connectivity index (χ2v) is 7.67. The summed E-state index contributed by atoms with van der Waals surface area (Å²) < 4.78 is 0. The second-order valence-electron chi connectivity index (χ2n) is 7.67. The van der Waals surface area contributed by atoms with E-state index in [1.165, 1.54) is 0 Å². The van der Waals surface area contributed by atoms with Crippen molar-refractivity contribution in [1.82, 2.24) is 20.2 Å². The van der Waals surface area contributed by atoms with Crippen molar-refractivity contribution < 1.29 is 14.4 Å². The molecule has 0 aliphatic carbocycles. The lowest BCUT2D eigenvalue weighted by Gasteiger charge is -2.21. The van der Waals surface area contributed by atoms with E-state index in [4.69, 9.17) is 4.84 Å². The number of nitrogens with one attached hydrogen (secondary N) is 1. The zero-order valence-electron chi connectivity index (χ0n) is 16.5. The number of nitrogens with zero attached hydrogens (tertiary/aromatic N) is 4. The summed E-state index contributed by atoms with van der Waals surface area (Å²) in [7, 11) is 0. The number of aryl methyl sites for hydroxylation is 2. The highest BCUT2D eigenvalue weighted by Gasteiger charge is 2.48. The molecule has 1 N–H and O–H groups in total. The molecule has 1 aromatic carbocycles. The van der Waals surface area contributed by atoms with Crippen LogP contribution in [-0.4, -0.2) is 51.1 Å². The standard InChI is InChI=1S/C21H23N5O3/c1-14-4-3-5-16(8-14)20(28)26-7-6-21(13-26)9-18(25-29-21)19(27)24-12-17-11-22-15(2)10-23-17/h3-5,8,10-11H,6-7,9,12-13H2,1-2H3,(H,24,27). The topological polar surface area (TPSA) is 96.8 Å². The number of benzene rings is 1. The quantitative estimate of drug-likeness (QED) is 0.854. The third kappa shape index (κ3) is 4.11. The largest absolute Gasteiger partial charge is 0.386 e. The van der Waals surface area contributed by atoms with Gasteiger partial charge in [0, 0.05) is 31.1 Å². The molecule has 0 saturated carbocycles. The highest BCUT2D eigenvalue weighted by atomic mass is 16.7. The Hall–Kier alpha value is -3.29. The van der Waals surface area contributed by atoms with E-state index >= 15 is 0 Å². The fourth-order valence-corrected chi connectivity index (χ4v) is 3.62. The maximum Gasteiger partial charge on any atom is 0.269 e. The lowest BCUT2D eigenvalue weighted by molar-refractivity contribution is -0.115. The Morgan fingerprint density at radius 2 is 2.10 bits per heavy atom. The number of hydrogen-bond donors (Lipinski definition) is 1. The predicted octanol–water partition coefficient (Wildman–Crippen LogP) is 1.77. The molecule has 2 aromatic rings. The van der Waals surface area contributed by atoms with E-state index in [2.05, 4.69) is 20.4 Å². The number of carbonyl (C=O) groups excluding carboxylic acids is 2. The highest BCUT2D eigenvalue weighted by molar-refractivity contribution is 6.39. The number of likely N-dealkylation sites (tertiary alicyclic amines) is 1. The van der Waals surface area contributed by atoms with Gasteiger partial charge in [0.15, 0.2) is 5.60 Å². The number of amides is 2. The van der Waals surface area contributed by atoms with Gasteiger partial charge in [-0.2, -0.15) is 0 Å². The van der Waals surface area contributed by atoms with Gasteiger partial charge in [-0.05, 0) is 26.0 Å². The van der Waals surface area contributed by atoms with E-state index in [0.29, 0.717) is 42.9 Å². The van der Waals surface area contributed by atoms with E-state index < -0.39 is 5.60 Å². The van der Waals surface area contributed by atoms with E-state index in [9.17, 15) is 9.59 Å². The van der Waals surface area contributed by atoms with E-state index in [1.807, 2.05) is 38.1 Å². The summed E-state index contributed by atoms with van der Waals surface area (Å²) in [6.07, 6.45) is 4.32. The minimum Gasteiger partial charge on any atom is -0.386 e. The van der Waals surface area contributed by atoms with Gasteiger partial charge in [-0.15, -0.1) is 0 Å². The van der Waals surface area contributed by atoms with Gasteiger partial charge in [-0.25, -0.2) is 0 Å². The molecule has 2 aliphatic rings. The average molecular weight is 393 g/mol. The summed E-state index contributed by atoms with van der Waals surface area (Å²) in [6.45, 7) is 5.09. The molecule has 8 heteroatoms. The Labute approximate surface area is 169 Å². The normalized spacial score (nSPS) is 20.5. The van der Waals surface area contributed by atoms with Crippen LogP contribution in [0.1, 0.15) is 40.2 Å². The fourth-order valence-electron chi connectivity index (χ4n) is 3.62. The molecule has 8 nitrogen and oxygen atoms in total. The molecule has 1 fully saturated rings. The molecule has 1 atom stereocenters. The second kappa shape index (κ2) is 7.62. The first-order chi connectivity index (χ1) is 13.9. The van der Waals surface area contributed by atoms with Gasteiger partial charge in [0.25, 0.3) is 11.8 Å². The summed E-state index contributed by atoms with van der Waals surface area (Å²) >= 11 is 0.